The van der Waals surface area contributed by atoms with Crippen molar-refractivity contribution in [3.8, 4) is 0 Å². The zero-order chi connectivity index (χ0) is 13.5. The van der Waals surface area contributed by atoms with Gasteiger partial charge in [-0.15, -0.1) is 0 Å². The van der Waals surface area contributed by atoms with Gasteiger partial charge in [0.05, 0.1) is 6.04 Å². The fraction of sp³-hybridized carbons (Fsp3) is 0.846. The molecule has 5 heteroatoms. The maximum atomic E-state index is 11.7. The summed E-state index contributed by atoms with van der Waals surface area (Å²) in [5.74, 6) is 0.313. The first-order chi connectivity index (χ1) is 8.54. The summed E-state index contributed by atoms with van der Waals surface area (Å²) in [6.07, 6.45) is 6.09. The normalized spacial score (nSPS) is 25.9. The molecule has 0 radical (unpaired) electrons. The number of carbonyl (C=O) groups excluding carboxylic acids is 2. The molecule has 0 aliphatic heterocycles. The van der Waals surface area contributed by atoms with Crippen molar-refractivity contribution in [3.63, 3.8) is 0 Å². The van der Waals surface area contributed by atoms with Crippen molar-refractivity contribution in [3.05, 3.63) is 0 Å². The third kappa shape index (κ3) is 4.64. The van der Waals surface area contributed by atoms with E-state index in [1.54, 1.807) is 6.92 Å². The van der Waals surface area contributed by atoms with E-state index in [1.807, 2.05) is 0 Å². The summed E-state index contributed by atoms with van der Waals surface area (Å²) in [6, 6.07) is -0.423. The lowest BCUT2D eigenvalue weighted by atomic mass is 9.96. The predicted molar refractivity (Wildman–Crippen MR) is 71.2 cm³/mol. The maximum Gasteiger partial charge on any atom is 0.321 e. The largest absolute Gasteiger partial charge is 0.341 e. The first-order valence-electron chi connectivity index (χ1n) is 6.83. The van der Waals surface area contributed by atoms with Crippen molar-refractivity contribution >= 4 is 11.9 Å². The molecule has 1 aliphatic rings. The number of rotatable bonds is 3. The Morgan fingerprint density at radius 3 is 2.50 bits per heavy atom. The molecular formula is C13H25N3O2. The van der Waals surface area contributed by atoms with Crippen LogP contribution in [0.1, 0.15) is 46.0 Å². The van der Waals surface area contributed by atoms with Crippen molar-refractivity contribution in [2.45, 2.75) is 58.0 Å². The smallest absolute Gasteiger partial charge is 0.321 e. The number of imide groups is 1. The third-order valence-corrected chi connectivity index (χ3v) is 3.68. The Hall–Kier alpha value is -1.10. The average Bonchev–Trinajstić information content (AvgIpc) is 2.54. The average molecular weight is 255 g/mol. The van der Waals surface area contributed by atoms with Crippen LogP contribution in [0.15, 0.2) is 0 Å². The lowest BCUT2D eigenvalue weighted by Gasteiger charge is -2.26. The van der Waals surface area contributed by atoms with E-state index >= 15 is 0 Å². The Morgan fingerprint density at radius 1 is 1.17 bits per heavy atom. The second kappa shape index (κ2) is 7.36. The van der Waals surface area contributed by atoms with Gasteiger partial charge in [0.15, 0.2) is 0 Å². The SMILES string of the molecule is CNC(=O)NC(=O)C(C)NC1CCCCCC1C. The van der Waals surface area contributed by atoms with E-state index in [4.69, 9.17) is 0 Å². The van der Waals surface area contributed by atoms with Gasteiger partial charge in [-0.2, -0.15) is 0 Å². The van der Waals surface area contributed by atoms with Crippen LogP contribution in [0.25, 0.3) is 0 Å². The molecule has 0 aromatic heterocycles. The molecule has 1 rings (SSSR count). The van der Waals surface area contributed by atoms with Crippen molar-refractivity contribution in [1.82, 2.24) is 16.0 Å². The van der Waals surface area contributed by atoms with Crippen LogP contribution >= 0.6 is 0 Å². The molecule has 18 heavy (non-hydrogen) atoms. The van der Waals surface area contributed by atoms with Crippen LogP contribution < -0.4 is 16.0 Å². The highest BCUT2D eigenvalue weighted by Crippen LogP contribution is 2.23. The van der Waals surface area contributed by atoms with Crippen LogP contribution in [0.5, 0.6) is 0 Å². The summed E-state index contributed by atoms with van der Waals surface area (Å²) in [5.41, 5.74) is 0. The topological polar surface area (TPSA) is 70.2 Å². The summed E-state index contributed by atoms with van der Waals surface area (Å²) < 4.78 is 0. The number of hydrogen-bond acceptors (Lipinski definition) is 3. The molecule has 0 bridgehead atoms. The molecule has 3 amide bonds. The second-order valence-corrected chi connectivity index (χ2v) is 5.18. The van der Waals surface area contributed by atoms with Gasteiger partial charge in [-0.25, -0.2) is 4.79 Å². The molecule has 1 saturated carbocycles. The Bertz CT molecular complexity index is 294. The molecule has 0 aromatic carbocycles. The Balaban J connectivity index is 2.44. The summed E-state index contributed by atoms with van der Waals surface area (Å²) >= 11 is 0. The summed E-state index contributed by atoms with van der Waals surface area (Å²) in [4.78, 5) is 22.8. The van der Waals surface area contributed by atoms with Gasteiger partial charge in [-0.3, -0.25) is 10.1 Å². The van der Waals surface area contributed by atoms with Crippen LogP contribution in [0.3, 0.4) is 0 Å². The first kappa shape index (κ1) is 15.0. The van der Waals surface area contributed by atoms with Crippen molar-refractivity contribution in [1.29, 1.82) is 0 Å². The van der Waals surface area contributed by atoms with Crippen molar-refractivity contribution in [2.24, 2.45) is 5.92 Å². The number of amides is 3. The highest BCUT2D eigenvalue weighted by Gasteiger charge is 2.24. The van der Waals surface area contributed by atoms with Crippen LogP contribution in [-0.2, 0) is 4.79 Å². The van der Waals surface area contributed by atoms with Crippen molar-refractivity contribution in [2.75, 3.05) is 7.05 Å². The van der Waals surface area contributed by atoms with Crippen LogP contribution in [0.4, 0.5) is 4.79 Å². The quantitative estimate of drug-likeness (QED) is 0.667. The summed E-state index contributed by atoms with van der Waals surface area (Å²) in [5, 5.41) is 8.02. The predicted octanol–water partition coefficient (Wildman–Crippen LogP) is 1.39. The first-order valence-corrected chi connectivity index (χ1v) is 6.83. The number of hydrogen-bond donors (Lipinski definition) is 3. The minimum absolute atomic E-state index is 0.272. The Kier molecular flexibility index (Phi) is 6.12. The monoisotopic (exact) mass is 255 g/mol. The standard InChI is InChI=1S/C13H25N3O2/c1-9-7-5-4-6-8-11(9)15-10(2)12(17)16-13(18)14-3/h9-11,15H,4-8H2,1-3H3,(H2,14,16,17,18). The molecule has 1 aliphatic carbocycles. The van der Waals surface area contributed by atoms with Gasteiger partial charge in [-0.1, -0.05) is 26.2 Å². The van der Waals surface area contributed by atoms with E-state index in [0.29, 0.717) is 12.0 Å². The fourth-order valence-electron chi connectivity index (χ4n) is 2.42. The van der Waals surface area contributed by atoms with Gasteiger partial charge in [-0.05, 0) is 25.7 Å². The Labute approximate surface area is 109 Å². The van der Waals surface area contributed by atoms with E-state index < -0.39 is 6.03 Å². The molecule has 0 heterocycles. The minimum atomic E-state index is -0.456. The van der Waals surface area contributed by atoms with Gasteiger partial charge in [0.1, 0.15) is 0 Å². The number of carbonyl (C=O) groups is 2. The second-order valence-electron chi connectivity index (χ2n) is 5.18. The fourth-order valence-corrected chi connectivity index (χ4v) is 2.42. The summed E-state index contributed by atoms with van der Waals surface area (Å²) in [6.45, 7) is 4.03. The van der Waals surface area contributed by atoms with Gasteiger partial charge >= 0.3 is 6.03 Å². The van der Waals surface area contributed by atoms with Crippen LogP contribution in [-0.4, -0.2) is 31.1 Å². The van der Waals surface area contributed by atoms with E-state index in [1.165, 1.54) is 32.7 Å². The van der Waals surface area contributed by atoms with Gasteiger partial charge < -0.3 is 10.6 Å². The lowest BCUT2D eigenvalue weighted by molar-refractivity contribution is -0.121. The molecule has 1 fully saturated rings. The zero-order valence-corrected chi connectivity index (χ0v) is 11.6. The van der Waals surface area contributed by atoms with E-state index in [9.17, 15) is 9.59 Å². The highest BCUT2D eigenvalue weighted by atomic mass is 16.2. The van der Waals surface area contributed by atoms with Crippen LogP contribution in [0, 0.1) is 5.92 Å². The van der Waals surface area contributed by atoms with Gasteiger partial charge in [0.25, 0.3) is 0 Å². The van der Waals surface area contributed by atoms with Gasteiger partial charge in [0.2, 0.25) is 5.91 Å². The van der Waals surface area contributed by atoms with Gasteiger partial charge in [0, 0.05) is 13.1 Å². The maximum absolute atomic E-state index is 11.7. The van der Waals surface area contributed by atoms with E-state index in [-0.39, 0.29) is 11.9 Å². The number of urea groups is 1. The zero-order valence-electron chi connectivity index (χ0n) is 11.6. The lowest BCUT2D eigenvalue weighted by Crippen LogP contribution is -2.51. The Morgan fingerprint density at radius 2 is 1.83 bits per heavy atom. The molecular weight excluding hydrogens is 230 g/mol. The molecule has 0 saturated heterocycles. The highest BCUT2D eigenvalue weighted by molar-refractivity contribution is 5.96. The molecule has 0 spiro atoms. The molecule has 3 N–H and O–H groups in total. The molecule has 5 nitrogen and oxygen atoms in total. The van der Waals surface area contributed by atoms with E-state index in [2.05, 4.69) is 22.9 Å². The summed E-state index contributed by atoms with van der Waals surface area (Å²) in [7, 11) is 1.49. The molecule has 3 atom stereocenters. The minimum Gasteiger partial charge on any atom is -0.341 e. The molecule has 104 valence electrons. The third-order valence-electron chi connectivity index (χ3n) is 3.68. The molecule has 0 aromatic rings. The number of nitrogens with one attached hydrogen (secondary N) is 3. The van der Waals surface area contributed by atoms with Crippen LogP contribution in [0.2, 0.25) is 0 Å². The van der Waals surface area contributed by atoms with Crippen molar-refractivity contribution < 1.29 is 9.59 Å². The molecule has 3 unspecified atom stereocenters. The van der Waals surface area contributed by atoms with E-state index in [0.717, 1.165) is 6.42 Å².